The van der Waals surface area contributed by atoms with Gasteiger partial charge in [0.05, 0.1) is 0 Å². The van der Waals surface area contributed by atoms with Crippen LogP contribution in [0.3, 0.4) is 0 Å². The fourth-order valence-electron chi connectivity index (χ4n) is 2.59. The van der Waals surface area contributed by atoms with Gasteiger partial charge in [-0.15, -0.1) is 0 Å². The van der Waals surface area contributed by atoms with Gasteiger partial charge in [-0.1, -0.05) is 12.1 Å². The number of hydrazine groups is 1. The summed E-state index contributed by atoms with van der Waals surface area (Å²) in [6.45, 7) is -1.80. The number of ether oxygens (including phenoxy) is 3. The highest BCUT2D eigenvalue weighted by Gasteiger charge is 2.42. The molecule has 0 aromatic heterocycles. The largest absolute Gasteiger partial charge is 0.491 e. The van der Waals surface area contributed by atoms with E-state index in [1.165, 1.54) is 19.2 Å². The van der Waals surface area contributed by atoms with Crippen LogP contribution in [0.4, 0.5) is 13.2 Å². The van der Waals surface area contributed by atoms with Crippen molar-refractivity contribution in [2.75, 3.05) is 20.3 Å². The number of carbonyl (C=O) groups is 5. The van der Waals surface area contributed by atoms with E-state index in [-0.39, 0.29) is 29.2 Å². The van der Waals surface area contributed by atoms with Crippen molar-refractivity contribution in [2.45, 2.75) is 12.7 Å². The Morgan fingerprint density at radius 2 is 1.54 bits per heavy atom. The highest BCUT2D eigenvalue weighted by molar-refractivity contribution is 5.99. The van der Waals surface area contributed by atoms with E-state index in [0.29, 0.717) is 0 Å². The molecule has 12 nitrogen and oxygen atoms in total. The fraction of sp³-hybridized carbons (Fsp3) is 0.227. The summed E-state index contributed by atoms with van der Waals surface area (Å²) in [6, 6.07) is 9.52. The zero-order valence-electron chi connectivity index (χ0n) is 19.0. The van der Waals surface area contributed by atoms with Gasteiger partial charge in [0.1, 0.15) is 0 Å². The molecule has 37 heavy (non-hydrogen) atoms. The maximum absolute atomic E-state index is 12.6. The third kappa shape index (κ3) is 8.50. The van der Waals surface area contributed by atoms with Gasteiger partial charge in [0.2, 0.25) is 0 Å². The Morgan fingerprint density at radius 3 is 2.11 bits per heavy atom. The van der Waals surface area contributed by atoms with Crippen molar-refractivity contribution < 1.29 is 56.5 Å². The highest BCUT2D eigenvalue weighted by Crippen LogP contribution is 2.29. The van der Waals surface area contributed by atoms with Crippen molar-refractivity contribution in [3.63, 3.8) is 0 Å². The monoisotopic (exact) mass is 527 g/mol. The summed E-state index contributed by atoms with van der Waals surface area (Å²) < 4.78 is 50.1. The van der Waals surface area contributed by atoms with Crippen molar-refractivity contribution in [1.82, 2.24) is 10.4 Å². The van der Waals surface area contributed by atoms with Crippen LogP contribution in [0.15, 0.2) is 42.5 Å². The Hall–Kier alpha value is -4.66. The lowest BCUT2D eigenvalue weighted by Crippen LogP contribution is -2.43. The van der Waals surface area contributed by atoms with Crippen LogP contribution in [0.2, 0.25) is 0 Å². The lowest BCUT2D eigenvalue weighted by atomic mass is 10.1. The maximum Gasteiger partial charge on any atom is 0.491 e. The number of alkyl halides is 3. The van der Waals surface area contributed by atoms with Gasteiger partial charge < -0.3 is 25.1 Å². The van der Waals surface area contributed by atoms with Crippen LogP contribution >= 0.6 is 0 Å². The molecule has 0 heterocycles. The number of esters is 2. The number of halogens is 3. The predicted molar refractivity (Wildman–Crippen MR) is 116 cm³/mol. The van der Waals surface area contributed by atoms with E-state index in [2.05, 4.69) is 10.2 Å². The number of nitrogens with one attached hydrogen (secondary N) is 1. The molecular formula is C22H20F3N3O9. The molecule has 2 aromatic rings. The van der Waals surface area contributed by atoms with Crippen LogP contribution < -0.4 is 20.6 Å². The standard InChI is InChI=1S/C22H20F3N3O9/c1-28(20(33)13-4-2-12(9-26)3-5-13)27-19(32)14-6-7-15(16(8-14)35-10-17(29)30)36-11-18(31)37-21(34)22(23,24)25/h2-8H,9-11,26H2,1H3,(H,27,32)(H,29,30). The first-order chi connectivity index (χ1) is 17.3. The normalized spacial score (nSPS) is 10.7. The molecule has 0 saturated carbocycles. The molecule has 0 saturated heterocycles. The minimum atomic E-state index is -5.40. The second-order valence-corrected chi connectivity index (χ2v) is 7.10. The number of benzene rings is 2. The van der Waals surface area contributed by atoms with E-state index >= 15 is 0 Å². The molecule has 2 amide bonds. The Morgan fingerprint density at radius 1 is 0.946 bits per heavy atom. The lowest BCUT2D eigenvalue weighted by Gasteiger charge is -2.19. The molecule has 0 spiro atoms. The second kappa shape index (κ2) is 12.3. The van der Waals surface area contributed by atoms with Gasteiger partial charge >= 0.3 is 24.1 Å². The van der Waals surface area contributed by atoms with Gasteiger partial charge in [-0.25, -0.2) is 14.4 Å². The quantitative estimate of drug-likeness (QED) is 0.243. The molecule has 0 radical (unpaired) electrons. The molecule has 0 aliphatic heterocycles. The Labute approximate surface area is 206 Å². The van der Waals surface area contributed by atoms with Gasteiger partial charge in [-0.05, 0) is 35.9 Å². The fourth-order valence-corrected chi connectivity index (χ4v) is 2.59. The zero-order valence-corrected chi connectivity index (χ0v) is 19.0. The van der Waals surface area contributed by atoms with Crippen molar-refractivity contribution in [3.8, 4) is 11.5 Å². The van der Waals surface area contributed by atoms with Crippen LogP contribution in [0, 0.1) is 0 Å². The first-order valence-electron chi connectivity index (χ1n) is 10.1. The van der Waals surface area contributed by atoms with Gasteiger partial charge in [0.25, 0.3) is 11.8 Å². The molecular weight excluding hydrogens is 507 g/mol. The predicted octanol–water partition coefficient (Wildman–Crippen LogP) is 1.04. The Balaban J connectivity index is 2.12. The van der Waals surface area contributed by atoms with Crippen LogP contribution in [0.25, 0.3) is 0 Å². The average Bonchev–Trinajstić information content (AvgIpc) is 2.85. The molecule has 2 aromatic carbocycles. The molecule has 0 atom stereocenters. The molecule has 0 aliphatic carbocycles. The summed E-state index contributed by atoms with van der Waals surface area (Å²) in [4.78, 5) is 58.2. The molecule has 2 rings (SSSR count). The average molecular weight is 527 g/mol. The number of hydrogen-bond donors (Lipinski definition) is 3. The minimum Gasteiger partial charge on any atom is -0.479 e. The Kier molecular flexibility index (Phi) is 9.54. The van der Waals surface area contributed by atoms with Crippen molar-refractivity contribution >= 4 is 29.7 Å². The summed E-state index contributed by atoms with van der Waals surface area (Å²) in [7, 11) is 1.28. The zero-order chi connectivity index (χ0) is 27.8. The van der Waals surface area contributed by atoms with Gasteiger partial charge in [-0.2, -0.15) is 13.2 Å². The van der Waals surface area contributed by atoms with E-state index in [9.17, 15) is 37.1 Å². The molecule has 0 aliphatic rings. The van der Waals surface area contributed by atoms with Crippen molar-refractivity contribution in [1.29, 1.82) is 0 Å². The summed E-state index contributed by atoms with van der Waals surface area (Å²) in [6.07, 6.45) is -5.40. The molecule has 4 N–H and O–H groups in total. The molecule has 0 unspecified atom stereocenters. The second-order valence-electron chi connectivity index (χ2n) is 7.10. The van der Waals surface area contributed by atoms with Gasteiger partial charge in [0.15, 0.2) is 24.7 Å². The first kappa shape index (κ1) is 28.6. The smallest absolute Gasteiger partial charge is 0.479 e. The summed E-state index contributed by atoms with van der Waals surface area (Å²) in [5.74, 6) is -7.96. The van der Waals surface area contributed by atoms with Crippen LogP contribution in [-0.4, -0.2) is 66.3 Å². The van der Waals surface area contributed by atoms with Gasteiger partial charge in [-0.3, -0.25) is 20.0 Å². The number of carbonyl (C=O) groups excluding carboxylic acids is 4. The van der Waals surface area contributed by atoms with Crippen molar-refractivity contribution in [2.24, 2.45) is 5.73 Å². The molecule has 0 bridgehead atoms. The number of carboxylic acid groups (broad SMARTS) is 1. The van der Waals surface area contributed by atoms with Crippen LogP contribution in [0.5, 0.6) is 11.5 Å². The maximum atomic E-state index is 12.6. The van der Waals surface area contributed by atoms with E-state index in [4.69, 9.17) is 20.3 Å². The molecule has 0 fully saturated rings. The summed E-state index contributed by atoms with van der Waals surface area (Å²) >= 11 is 0. The topological polar surface area (TPSA) is 175 Å². The number of nitrogens with zero attached hydrogens (tertiary/aromatic N) is 1. The number of rotatable bonds is 9. The number of amides is 2. The summed E-state index contributed by atoms with van der Waals surface area (Å²) in [5.41, 5.74) is 8.73. The van der Waals surface area contributed by atoms with Crippen molar-refractivity contribution in [3.05, 3.63) is 59.2 Å². The van der Waals surface area contributed by atoms with E-state index < -0.39 is 49.1 Å². The van der Waals surface area contributed by atoms with Crippen LogP contribution in [0.1, 0.15) is 26.3 Å². The Bertz CT molecular complexity index is 1180. The number of carboxylic acids is 1. The van der Waals surface area contributed by atoms with E-state index in [1.807, 2.05) is 0 Å². The first-order valence-corrected chi connectivity index (χ1v) is 10.1. The van der Waals surface area contributed by atoms with E-state index in [0.717, 1.165) is 28.8 Å². The SMILES string of the molecule is CN(NC(=O)c1ccc(OCC(=O)OC(=O)C(F)(F)F)c(OCC(=O)O)c1)C(=O)c1ccc(CN)cc1. The number of nitrogens with two attached hydrogens (primary N) is 1. The lowest BCUT2D eigenvalue weighted by molar-refractivity contribution is -0.202. The number of hydrogen-bond acceptors (Lipinski definition) is 9. The molecule has 15 heteroatoms. The number of aliphatic carboxylic acids is 1. The minimum absolute atomic E-state index is 0.138. The highest BCUT2D eigenvalue weighted by atomic mass is 19.4. The molecule has 198 valence electrons. The van der Waals surface area contributed by atoms with E-state index in [1.54, 1.807) is 12.1 Å². The third-order valence-electron chi connectivity index (χ3n) is 4.35. The van der Waals surface area contributed by atoms with Gasteiger partial charge in [0, 0.05) is 24.7 Å². The third-order valence-corrected chi connectivity index (χ3v) is 4.35. The van der Waals surface area contributed by atoms with Crippen LogP contribution in [-0.2, 0) is 25.7 Å². The summed E-state index contributed by atoms with van der Waals surface area (Å²) in [5, 5.41) is 9.74.